The molecule has 126 valence electrons. The topological polar surface area (TPSA) is 165 Å². The zero-order valence-electron chi connectivity index (χ0n) is 12.8. The van der Waals surface area contributed by atoms with Crippen molar-refractivity contribution in [2.75, 3.05) is 6.54 Å². The van der Waals surface area contributed by atoms with Gasteiger partial charge in [-0.1, -0.05) is 20.3 Å². The van der Waals surface area contributed by atoms with Crippen molar-refractivity contribution in [1.29, 1.82) is 0 Å². The molecule has 0 aromatic carbocycles. The molecule has 0 bridgehead atoms. The average Bonchev–Trinajstić information content (AvgIpc) is 2.46. The number of hydrogen-bond acceptors (Lipinski definition) is 5. The minimum absolute atomic E-state index is 0.117. The highest BCUT2D eigenvalue weighted by atomic mass is 16.4. The third-order valence-electron chi connectivity index (χ3n) is 3.29. The number of amides is 3. The summed E-state index contributed by atoms with van der Waals surface area (Å²) in [6.07, 6.45) is 0.316. The minimum Gasteiger partial charge on any atom is -0.480 e. The van der Waals surface area contributed by atoms with Crippen molar-refractivity contribution in [3.05, 3.63) is 0 Å². The van der Waals surface area contributed by atoms with Gasteiger partial charge in [-0.3, -0.25) is 14.4 Å². The zero-order chi connectivity index (χ0) is 17.3. The summed E-state index contributed by atoms with van der Waals surface area (Å²) in [4.78, 5) is 45.4. The van der Waals surface area contributed by atoms with Crippen molar-refractivity contribution < 1.29 is 24.3 Å². The van der Waals surface area contributed by atoms with Gasteiger partial charge in [0.1, 0.15) is 12.1 Å². The number of carboxylic acid groups (broad SMARTS) is 1. The van der Waals surface area contributed by atoms with E-state index in [9.17, 15) is 19.2 Å². The van der Waals surface area contributed by atoms with E-state index in [2.05, 4.69) is 10.6 Å². The van der Waals surface area contributed by atoms with Crippen molar-refractivity contribution in [2.24, 2.45) is 17.4 Å². The fraction of sp³-hybridized carbons (Fsp3) is 0.692. The van der Waals surface area contributed by atoms with Gasteiger partial charge in [0.25, 0.3) is 0 Å². The van der Waals surface area contributed by atoms with Crippen LogP contribution in [0.4, 0.5) is 0 Å². The van der Waals surface area contributed by atoms with Crippen LogP contribution in [0.15, 0.2) is 0 Å². The second-order valence-corrected chi connectivity index (χ2v) is 5.04. The molecule has 0 aliphatic heterocycles. The molecular weight excluding hydrogens is 292 g/mol. The van der Waals surface area contributed by atoms with Crippen molar-refractivity contribution in [2.45, 2.75) is 45.2 Å². The number of primary amides is 1. The lowest BCUT2D eigenvalue weighted by molar-refractivity contribution is -0.142. The summed E-state index contributed by atoms with van der Waals surface area (Å²) >= 11 is 0. The van der Waals surface area contributed by atoms with Crippen LogP contribution in [-0.4, -0.2) is 47.4 Å². The molecule has 0 saturated heterocycles. The first-order chi connectivity index (χ1) is 10.2. The van der Waals surface area contributed by atoms with E-state index in [1.165, 1.54) is 0 Å². The summed E-state index contributed by atoms with van der Waals surface area (Å²) in [5.74, 6) is -3.28. The monoisotopic (exact) mass is 316 g/mol. The highest BCUT2D eigenvalue weighted by Crippen LogP contribution is 2.09. The van der Waals surface area contributed by atoms with Gasteiger partial charge in [-0.25, -0.2) is 4.79 Å². The van der Waals surface area contributed by atoms with Gasteiger partial charge in [-0.15, -0.1) is 0 Å². The van der Waals surface area contributed by atoms with E-state index in [0.717, 1.165) is 0 Å². The van der Waals surface area contributed by atoms with Crippen LogP contribution in [0.5, 0.6) is 0 Å². The predicted octanol–water partition coefficient (Wildman–Crippen LogP) is -1.69. The Morgan fingerprint density at radius 1 is 1.18 bits per heavy atom. The molecular formula is C13H24N4O5. The first-order valence-electron chi connectivity index (χ1n) is 7.03. The minimum atomic E-state index is -1.28. The van der Waals surface area contributed by atoms with Gasteiger partial charge in [-0.05, 0) is 12.3 Å². The van der Waals surface area contributed by atoms with Crippen LogP contribution in [0, 0.1) is 5.92 Å². The molecule has 0 rings (SSSR count). The van der Waals surface area contributed by atoms with E-state index in [0.29, 0.717) is 6.42 Å². The maximum atomic E-state index is 12.2. The number of nitrogens with two attached hydrogens (primary N) is 2. The van der Waals surface area contributed by atoms with Gasteiger partial charge in [-0.2, -0.15) is 0 Å². The Bertz CT molecular complexity index is 427. The first-order valence-corrected chi connectivity index (χ1v) is 7.03. The van der Waals surface area contributed by atoms with E-state index in [1.807, 2.05) is 6.92 Å². The predicted molar refractivity (Wildman–Crippen MR) is 78.4 cm³/mol. The Morgan fingerprint density at radius 2 is 1.77 bits per heavy atom. The van der Waals surface area contributed by atoms with Gasteiger partial charge < -0.3 is 27.2 Å². The van der Waals surface area contributed by atoms with E-state index in [1.54, 1.807) is 6.92 Å². The van der Waals surface area contributed by atoms with Crippen molar-refractivity contribution >= 4 is 23.7 Å². The molecule has 9 nitrogen and oxygen atoms in total. The summed E-state index contributed by atoms with van der Waals surface area (Å²) in [6.45, 7) is 3.31. The molecule has 0 aromatic rings. The Labute approximate surface area is 128 Å². The van der Waals surface area contributed by atoms with Crippen LogP contribution in [0.2, 0.25) is 0 Å². The fourth-order valence-corrected chi connectivity index (χ4v) is 1.74. The van der Waals surface area contributed by atoms with Crippen molar-refractivity contribution in [3.63, 3.8) is 0 Å². The van der Waals surface area contributed by atoms with Crippen LogP contribution in [0.1, 0.15) is 33.1 Å². The summed E-state index contributed by atoms with van der Waals surface area (Å²) in [5.41, 5.74) is 10.2. The van der Waals surface area contributed by atoms with Crippen LogP contribution in [0.25, 0.3) is 0 Å². The van der Waals surface area contributed by atoms with Crippen LogP contribution >= 0.6 is 0 Å². The van der Waals surface area contributed by atoms with Crippen LogP contribution in [0.3, 0.4) is 0 Å². The van der Waals surface area contributed by atoms with Crippen molar-refractivity contribution in [3.8, 4) is 0 Å². The molecule has 3 atom stereocenters. The van der Waals surface area contributed by atoms with E-state index < -0.39 is 35.8 Å². The number of aliphatic carboxylic acids is 1. The quantitative estimate of drug-likeness (QED) is 0.322. The SMILES string of the molecule is CCC(C)C(NC(=O)CN)C(=O)NC(CCC(N)=O)C(=O)O. The molecule has 0 heterocycles. The molecule has 3 amide bonds. The smallest absolute Gasteiger partial charge is 0.326 e. The number of rotatable bonds is 10. The molecule has 22 heavy (non-hydrogen) atoms. The molecule has 0 fully saturated rings. The lowest BCUT2D eigenvalue weighted by Gasteiger charge is -2.25. The molecule has 0 aliphatic rings. The summed E-state index contributed by atoms with van der Waals surface area (Å²) in [5, 5.41) is 13.8. The standard InChI is InChI=1S/C13H24N4O5/c1-3-7(2)11(17-10(19)6-14)12(20)16-8(13(21)22)4-5-9(15)18/h7-8,11H,3-6,14H2,1-2H3,(H2,15,18)(H,16,20)(H,17,19)(H,21,22). The highest BCUT2D eigenvalue weighted by molar-refractivity contribution is 5.91. The maximum Gasteiger partial charge on any atom is 0.326 e. The van der Waals surface area contributed by atoms with Crippen LogP contribution in [-0.2, 0) is 19.2 Å². The van der Waals surface area contributed by atoms with E-state index in [-0.39, 0.29) is 25.3 Å². The fourth-order valence-electron chi connectivity index (χ4n) is 1.74. The highest BCUT2D eigenvalue weighted by Gasteiger charge is 2.29. The van der Waals surface area contributed by atoms with Gasteiger partial charge >= 0.3 is 5.97 Å². The van der Waals surface area contributed by atoms with Gasteiger partial charge in [0.05, 0.1) is 6.54 Å². The molecule has 9 heteroatoms. The Morgan fingerprint density at radius 3 is 2.18 bits per heavy atom. The van der Waals surface area contributed by atoms with E-state index in [4.69, 9.17) is 16.6 Å². The number of hydrogen-bond donors (Lipinski definition) is 5. The van der Waals surface area contributed by atoms with Gasteiger partial charge in [0.15, 0.2) is 0 Å². The summed E-state index contributed by atoms with van der Waals surface area (Å²) in [6, 6.07) is -2.14. The molecule has 0 radical (unpaired) electrons. The summed E-state index contributed by atoms with van der Waals surface area (Å²) in [7, 11) is 0. The number of carbonyl (C=O) groups excluding carboxylic acids is 3. The molecule has 3 unspecified atom stereocenters. The lowest BCUT2D eigenvalue weighted by Crippen LogP contribution is -2.55. The molecule has 0 spiro atoms. The molecule has 0 aromatic heterocycles. The molecule has 0 saturated carbocycles. The third-order valence-corrected chi connectivity index (χ3v) is 3.29. The van der Waals surface area contributed by atoms with Crippen molar-refractivity contribution in [1.82, 2.24) is 10.6 Å². The average molecular weight is 316 g/mol. The van der Waals surface area contributed by atoms with Gasteiger partial charge in [0.2, 0.25) is 17.7 Å². The maximum absolute atomic E-state index is 12.2. The third kappa shape index (κ3) is 7.02. The van der Waals surface area contributed by atoms with Gasteiger partial charge in [0, 0.05) is 6.42 Å². The number of carbonyl (C=O) groups is 4. The van der Waals surface area contributed by atoms with Crippen LogP contribution < -0.4 is 22.1 Å². The first kappa shape index (κ1) is 19.8. The Balaban J connectivity index is 4.91. The van der Waals surface area contributed by atoms with E-state index >= 15 is 0 Å². The normalized spacial score (nSPS) is 14.5. The molecule has 0 aliphatic carbocycles. The molecule has 7 N–H and O–H groups in total. The Hall–Kier alpha value is -2.16. The zero-order valence-corrected chi connectivity index (χ0v) is 12.8. The number of nitrogens with one attached hydrogen (secondary N) is 2. The second kappa shape index (κ2) is 9.72. The summed E-state index contributed by atoms with van der Waals surface area (Å²) < 4.78 is 0. The second-order valence-electron chi connectivity index (χ2n) is 5.04. The Kier molecular flexibility index (Phi) is 8.76. The largest absolute Gasteiger partial charge is 0.480 e. The number of carboxylic acids is 1. The lowest BCUT2D eigenvalue weighted by atomic mass is 9.97.